The Labute approximate surface area is 295 Å². The number of hydrogen-bond donors (Lipinski definition) is 5. The minimum Gasteiger partial charge on any atom is -0.374 e. The molecule has 2 aromatic carbocycles. The summed E-state index contributed by atoms with van der Waals surface area (Å²) in [5.41, 5.74) is 8.58. The number of aromatic nitrogens is 4. The number of carbonyl (C=O) groups excluding carboxylic acids is 2. The molecular formula is C33H34Cl2F2N10O3. The number of halogens is 4. The molecule has 50 heavy (non-hydrogen) atoms. The van der Waals surface area contributed by atoms with Crippen LogP contribution in [0.5, 0.6) is 0 Å². The lowest BCUT2D eigenvalue weighted by atomic mass is 9.99. The summed E-state index contributed by atoms with van der Waals surface area (Å²) in [6, 6.07) is 14.4. The van der Waals surface area contributed by atoms with E-state index in [9.17, 15) is 23.2 Å². The number of alkyl halides is 2. The SMILES string of the molecule is O=C(NCC[C@H]1Nc2cccc(c2)[C@@H](n2cnc(-c3cc(Cl)ccc3N3C=C(Cl)NN3)cc2=O)CCCCCNC1=O)c1ccn(C(F)F)n1. The van der Waals surface area contributed by atoms with Crippen molar-refractivity contribution in [2.45, 2.75) is 50.7 Å². The largest absolute Gasteiger partial charge is 0.374 e. The molecule has 4 aromatic rings. The van der Waals surface area contributed by atoms with Gasteiger partial charge >= 0.3 is 6.55 Å². The van der Waals surface area contributed by atoms with Crippen LogP contribution < -0.4 is 37.5 Å². The minimum absolute atomic E-state index is 0.0865. The van der Waals surface area contributed by atoms with Crippen LogP contribution in [0.1, 0.15) is 60.7 Å². The van der Waals surface area contributed by atoms with Crippen LogP contribution in [-0.4, -0.2) is 50.3 Å². The van der Waals surface area contributed by atoms with Crippen LogP contribution in [0, 0.1) is 0 Å². The van der Waals surface area contributed by atoms with Gasteiger partial charge in [-0.05, 0) is 61.2 Å². The Kier molecular flexibility index (Phi) is 10.9. The van der Waals surface area contributed by atoms with E-state index in [4.69, 9.17) is 28.2 Å². The van der Waals surface area contributed by atoms with Gasteiger partial charge in [-0.2, -0.15) is 13.9 Å². The van der Waals surface area contributed by atoms with Crippen molar-refractivity contribution in [3.8, 4) is 11.3 Å². The molecule has 0 saturated heterocycles. The monoisotopic (exact) mass is 726 g/mol. The number of carbonyl (C=O) groups is 2. The molecule has 6 rings (SSSR count). The normalized spacial score (nSPS) is 18.2. The molecule has 13 nitrogen and oxygen atoms in total. The van der Waals surface area contributed by atoms with Crippen LogP contribution in [0.15, 0.2) is 83.3 Å². The van der Waals surface area contributed by atoms with Crippen molar-refractivity contribution >= 4 is 46.4 Å². The van der Waals surface area contributed by atoms with E-state index in [1.165, 1.54) is 12.1 Å². The molecule has 0 radical (unpaired) electrons. The van der Waals surface area contributed by atoms with Crippen LogP contribution in [0.25, 0.3) is 11.3 Å². The molecule has 2 amide bonds. The molecule has 4 heterocycles. The van der Waals surface area contributed by atoms with Gasteiger partial charge in [-0.1, -0.05) is 48.2 Å². The van der Waals surface area contributed by atoms with E-state index in [0.717, 1.165) is 31.0 Å². The van der Waals surface area contributed by atoms with Gasteiger partial charge in [0.1, 0.15) is 16.9 Å². The van der Waals surface area contributed by atoms with Crippen LogP contribution in [0.3, 0.4) is 0 Å². The van der Waals surface area contributed by atoms with Gasteiger partial charge in [-0.3, -0.25) is 29.4 Å². The number of nitrogens with one attached hydrogen (secondary N) is 5. The van der Waals surface area contributed by atoms with Gasteiger partial charge in [-0.25, -0.2) is 9.67 Å². The third-order valence-corrected chi connectivity index (χ3v) is 8.77. The highest BCUT2D eigenvalue weighted by atomic mass is 35.5. The molecule has 262 valence electrons. The number of hydrazine groups is 2. The fraction of sp³-hybridized carbons (Fsp3) is 0.303. The molecule has 0 spiro atoms. The lowest BCUT2D eigenvalue weighted by Crippen LogP contribution is -2.42. The fourth-order valence-electron chi connectivity index (χ4n) is 5.87. The number of benzene rings is 2. The maximum Gasteiger partial charge on any atom is 0.333 e. The molecule has 5 N–H and O–H groups in total. The first-order valence-electron chi connectivity index (χ1n) is 16.0. The molecule has 0 aliphatic carbocycles. The Bertz CT molecular complexity index is 1950. The number of amides is 2. The number of hydrogen-bond acceptors (Lipinski definition) is 9. The predicted octanol–water partition coefficient (Wildman–Crippen LogP) is 4.90. The van der Waals surface area contributed by atoms with E-state index in [-0.39, 0.29) is 36.2 Å². The molecule has 17 heteroatoms. The first-order valence-corrected chi connectivity index (χ1v) is 16.7. The first-order chi connectivity index (χ1) is 24.2. The van der Waals surface area contributed by atoms with Gasteiger partial charge in [0, 0.05) is 41.6 Å². The molecule has 2 bridgehead atoms. The summed E-state index contributed by atoms with van der Waals surface area (Å²) in [5.74, 6) is -0.863. The molecule has 2 atom stereocenters. The summed E-state index contributed by atoms with van der Waals surface area (Å²) in [5, 5.41) is 15.0. The van der Waals surface area contributed by atoms with Crippen molar-refractivity contribution in [3.63, 3.8) is 0 Å². The number of anilines is 2. The zero-order valence-corrected chi connectivity index (χ0v) is 28.1. The lowest BCUT2D eigenvalue weighted by Gasteiger charge is -2.23. The quantitative estimate of drug-likeness (QED) is 0.160. The van der Waals surface area contributed by atoms with Gasteiger partial charge in [0.2, 0.25) is 5.91 Å². The third-order valence-electron chi connectivity index (χ3n) is 8.35. The minimum atomic E-state index is -2.86. The van der Waals surface area contributed by atoms with Gasteiger partial charge < -0.3 is 16.0 Å². The molecular weight excluding hydrogens is 693 g/mol. The van der Waals surface area contributed by atoms with E-state index >= 15 is 0 Å². The van der Waals surface area contributed by atoms with E-state index in [1.54, 1.807) is 40.3 Å². The van der Waals surface area contributed by atoms with Crippen molar-refractivity contribution in [3.05, 3.63) is 105 Å². The van der Waals surface area contributed by atoms with E-state index < -0.39 is 18.5 Å². The second-order valence-electron chi connectivity index (χ2n) is 11.7. The molecule has 0 saturated carbocycles. The third kappa shape index (κ3) is 8.23. The van der Waals surface area contributed by atoms with Crippen molar-refractivity contribution < 1.29 is 18.4 Å². The maximum absolute atomic E-state index is 13.8. The smallest absolute Gasteiger partial charge is 0.333 e. The number of rotatable bonds is 8. The van der Waals surface area contributed by atoms with Crippen LogP contribution >= 0.6 is 23.2 Å². The highest BCUT2D eigenvalue weighted by Crippen LogP contribution is 2.33. The first kappa shape index (κ1) is 34.9. The zero-order valence-electron chi connectivity index (χ0n) is 26.6. The summed E-state index contributed by atoms with van der Waals surface area (Å²) in [7, 11) is 0. The molecule has 2 aliphatic heterocycles. The topological polar surface area (TPSA) is 150 Å². The van der Waals surface area contributed by atoms with Crippen molar-refractivity contribution in [2.24, 2.45) is 0 Å². The van der Waals surface area contributed by atoms with Crippen LogP contribution in [-0.2, 0) is 4.79 Å². The fourth-order valence-corrected chi connectivity index (χ4v) is 6.18. The summed E-state index contributed by atoms with van der Waals surface area (Å²) in [4.78, 5) is 44.2. The second kappa shape index (κ2) is 15.7. The summed E-state index contributed by atoms with van der Waals surface area (Å²) >= 11 is 12.4. The van der Waals surface area contributed by atoms with E-state index in [0.29, 0.717) is 50.5 Å². The average molecular weight is 728 g/mol. The summed E-state index contributed by atoms with van der Waals surface area (Å²) in [6.45, 7) is -2.31. The van der Waals surface area contributed by atoms with E-state index in [1.807, 2.05) is 24.3 Å². The Morgan fingerprint density at radius 1 is 1.06 bits per heavy atom. The highest BCUT2D eigenvalue weighted by Gasteiger charge is 2.23. The standard InChI is InChI=1S/C33H34Cl2F2N10O3/c34-21-8-9-28(47-18-29(35)42-44-47)23(16-21)26-17-30(48)45(19-40-26)27-7-2-1-3-12-38-31(49)24(41-22-6-4-5-20(27)15-22)10-13-39-32(50)25-11-14-46(43-25)33(36)37/h4-6,8-9,11,14-19,24,27,33,41-42,44H,1-3,7,10,12-13H2,(H,38,49)(H,39,50)/t24-,27+/m1/s1. The average Bonchev–Trinajstić information content (AvgIpc) is 3.77. The van der Waals surface area contributed by atoms with E-state index in [2.05, 4.69) is 32.0 Å². The van der Waals surface area contributed by atoms with Gasteiger partial charge in [0.05, 0.1) is 30.0 Å². The molecule has 0 unspecified atom stereocenters. The molecule has 0 fully saturated rings. The Balaban J connectivity index is 1.22. The summed E-state index contributed by atoms with van der Waals surface area (Å²) < 4.78 is 27.7. The highest BCUT2D eigenvalue weighted by molar-refractivity contribution is 6.31. The number of fused-ring (bicyclic) bond motifs is 2. The van der Waals surface area contributed by atoms with Gasteiger partial charge in [-0.15, -0.1) is 5.53 Å². The Morgan fingerprint density at radius 3 is 2.68 bits per heavy atom. The van der Waals surface area contributed by atoms with Gasteiger partial charge in [0.15, 0.2) is 0 Å². The predicted molar refractivity (Wildman–Crippen MR) is 186 cm³/mol. The van der Waals surface area contributed by atoms with Crippen LogP contribution in [0.2, 0.25) is 5.02 Å². The second-order valence-corrected chi connectivity index (χ2v) is 12.6. The summed E-state index contributed by atoms with van der Waals surface area (Å²) in [6.07, 6.45) is 7.43. The van der Waals surface area contributed by atoms with Crippen LogP contribution in [0.4, 0.5) is 20.2 Å². The molecule has 2 aromatic heterocycles. The van der Waals surface area contributed by atoms with Crippen molar-refractivity contribution in [1.82, 2.24) is 40.9 Å². The number of nitrogens with zero attached hydrogens (tertiary/aromatic N) is 5. The lowest BCUT2D eigenvalue weighted by molar-refractivity contribution is -0.121. The van der Waals surface area contributed by atoms with Crippen molar-refractivity contribution in [1.29, 1.82) is 0 Å². The van der Waals surface area contributed by atoms with Gasteiger partial charge in [0.25, 0.3) is 11.5 Å². The van der Waals surface area contributed by atoms with Crippen molar-refractivity contribution in [2.75, 3.05) is 23.4 Å². The Hall–Kier alpha value is -4.99. The molecule has 2 aliphatic rings. The Morgan fingerprint density at radius 2 is 1.92 bits per heavy atom. The zero-order chi connectivity index (χ0) is 35.2. The maximum atomic E-state index is 13.8.